The molecule has 32 nitrogen and oxygen atoms in total. The number of Topliss-reactive ketones (excluding diaryl/α,β-unsaturated/α-hetero) is 2. The molecule has 0 aliphatic carbocycles. The van der Waals surface area contributed by atoms with Crippen LogP contribution in [-0.2, 0) is 68.7 Å². The molecule has 1 saturated heterocycles. The van der Waals surface area contributed by atoms with Gasteiger partial charge in [-0.15, -0.1) is 0 Å². The number of aliphatic hydroxyl groups is 1. The molecule has 5 rings (SSSR count). The number of nitrogens with two attached hydrogens (primary N) is 4. The minimum absolute atomic E-state index is 0.00333. The third-order valence-electron chi connectivity index (χ3n) is 15.3. The van der Waals surface area contributed by atoms with Crippen LogP contribution in [0.1, 0.15) is 96.1 Å². The van der Waals surface area contributed by atoms with Crippen LogP contribution in [-0.4, -0.2) is 201 Å². The molecule has 34 heteroatoms. The first-order chi connectivity index (χ1) is 43.3. The number of amides is 10. The minimum atomic E-state index is -1.91. The first-order valence-electron chi connectivity index (χ1n) is 29.8. The molecular weight excluding hydrogens is 1230 g/mol. The number of unbranched alkanes of at least 4 members (excludes halogenated alkanes) is 1. The van der Waals surface area contributed by atoms with E-state index < -0.39 is 181 Å². The molecular formula is C57H83N17O15S2. The number of primary amides is 1. The highest BCUT2D eigenvalue weighted by Gasteiger charge is 2.42. The van der Waals surface area contributed by atoms with E-state index in [0.29, 0.717) is 17.6 Å². The molecule has 22 N–H and O–H groups in total. The summed E-state index contributed by atoms with van der Waals surface area (Å²) >= 11 is 0. The average molecular weight is 1310 g/mol. The van der Waals surface area contributed by atoms with Crippen molar-refractivity contribution in [1.82, 2.24) is 57.7 Å². The summed E-state index contributed by atoms with van der Waals surface area (Å²) in [5.74, 6) is -16.5. The van der Waals surface area contributed by atoms with Gasteiger partial charge in [0, 0.05) is 55.1 Å². The van der Waals surface area contributed by atoms with Gasteiger partial charge in [-0.3, -0.25) is 73.1 Å². The van der Waals surface area contributed by atoms with Crippen molar-refractivity contribution in [3.63, 3.8) is 0 Å². The standard InChI is InChI=1S/C57H83N17O15S2/c1-29-43(76)22-31(21-33-20-30-10-2-3-11-34(30)66-33)49(82)68-37(14-6-7-17-45(59)60)53(86)73-41(48(61)81)28-91-90-27-32-23-44(77)35(67-46(78)25-58)12-4-5-13-36(51(84)65-29)69-52(85)38(15-8-18-64-57(62)63)70-55(88)42-16-9-19-74(42)56(89)39(24-47(79)80)71-54(87)40(26-75)72-50(32)83/h2-5,10-11,20,29,31-32,35-42,66,75H,6-9,12-19,21-28,58H2,1H3,(H3,59,60)(H2,61,81)(H,65,84)(H,67,78)(H,68,82)(H,69,85)(H,70,88)(H,71,87)(H,72,83)(H,73,86)(H,79,80)(H4,62,63,64)/t29-,31+,32-,35-,36-,37-,38-,39-,40-,41-,42?/m0/s1. The Morgan fingerprint density at radius 3 is 2.04 bits per heavy atom. The lowest BCUT2D eigenvalue weighted by atomic mass is 9.92. The summed E-state index contributed by atoms with van der Waals surface area (Å²) in [6.07, 6.45) is 0.388. The highest BCUT2D eigenvalue weighted by molar-refractivity contribution is 8.76. The number of carbonyl (C=O) groups excluding carboxylic acids is 12. The van der Waals surface area contributed by atoms with Crippen molar-refractivity contribution in [3.05, 3.63) is 48.2 Å². The Balaban J connectivity index is 1.66. The Morgan fingerprint density at radius 2 is 1.37 bits per heavy atom. The maximum atomic E-state index is 14.7. The highest BCUT2D eigenvalue weighted by Crippen LogP contribution is 2.28. The van der Waals surface area contributed by atoms with Gasteiger partial charge in [0.05, 0.1) is 49.3 Å². The second kappa shape index (κ2) is 36.3. The van der Waals surface area contributed by atoms with Crippen LogP contribution in [0.2, 0.25) is 0 Å². The quantitative estimate of drug-likeness (QED) is 0.0237. The second-order valence-electron chi connectivity index (χ2n) is 22.4. The van der Waals surface area contributed by atoms with E-state index in [2.05, 4.69) is 52.8 Å². The highest BCUT2D eigenvalue weighted by atomic mass is 33.1. The van der Waals surface area contributed by atoms with Gasteiger partial charge in [0.15, 0.2) is 17.5 Å². The van der Waals surface area contributed by atoms with Crippen LogP contribution in [0.4, 0.5) is 0 Å². The number of carboxylic acids is 1. The van der Waals surface area contributed by atoms with Gasteiger partial charge in [-0.25, -0.2) is 0 Å². The van der Waals surface area contributed by atoms with Crippen LogP contribution in [0.3, 0.4) is 0 Å². The predicted octanol–water partition coefficient (Wildman–Crippen LogP) is -3.83. The number of rotatable bonds is 17. The molecule has 4 heterocycles. The first kappa shape index (κ1) is 73.1. The average Bonchev–Trinajstić information content (AvgIpc) is 2.00. The van der Waals surface area contributed by atoms with Crippen LogP contribution in [0, 0.1) is 22.7 Å². The fraction of sp³-hybridized carbons (Fsp3) is 0.561. The third-order valence-corrected chi connectivity index (χ3v) is 17.8. The van der Waals surface area contributed by atoms with Gasteiger partial charge in [0.1, 0.15) is 42.3 Å². The van der Waals surface area contributed by atoms with E-state index in [-0.39, 0.29) is 94.6 Å². The van der Waals surface area contributed by atoms with E-state index >= 15 is 0 Å². The van der Waals surface area contributed by atoms with Crippen molar-refractivity contribution in [1.29, 1.82) is 10.8 Å². The molecule has 0 spiro atoms. The maximum Gasteiger partial charge on any atom is 0.305 e. The lowest BCUT2D eigenvalue weighted by molar-refractivity contribution is -0.146. The van der Waals surface area contributed by atoms with Gasteiger partial charge in [-0.1, -0.05) is 58.4 Å². The molecule has 0 saturated carbocycles. The lowest BCUT2D eigenvalue weighted by Crippen LogP contribution is -2.59. The number of hydrogen-bond donors (Lipinski definition) is 18. The smallest absolute Gasteiger partial charge is 0.305 e. The summed E-state index contributed by atoms with van der Waals surface area (Å²) in [7, 11) is 1.81. The minimum Gasteiger partial charge on any atom is -0.481 e. The summed E-state index contributed by atoms with van der Waals surface area (Å²) in [5, 5.41) is 59.5. The zero-order valence-electron chi connectivity index (χ0n) is 50.3. The van der Waals surface area contributed by atoms with Gasteiger partial charge in [-0.05, 0) is 82.2 Å². The number of H-pyrrole nitrogens is 1. The number of aliphatic hydroxyl groups excluding tert-OH is 1. The molecule has 498 valence electrons. The number of aliphatic carboxylic acids is 1. The van der Waals surface area contributed by atoms with Crippen LogP contribution in [0.25, 0.3) is 10.9 Å². The van der Waals surface area contributed by atoms with Crippen molar-refractivity contribution in [2.75, 3.05) is 37.7 Å². The number of hydrogen-bond acceptors (Lipinski definition) is 19. The normalized spacial score (nSPS) is 26.1. The van der Waals surface area contributed by atoms with Crippen molar-refractivity contribution in [2.45, 2.75) is 151 Å². The Labute approximate surface area is 531 Å². The number of carbonyl (C=O) groups is 13. The monoisotopic (exact) mass is 1310 g/mol. The Morgan fingerprint density at radius 1 is 0.725 bits per heavy atom. The van der Waals surface area contributed by atoms with Crippen molar-refractivity contribution in [2.24, 2.45) is 34.8 Å². The molecule has 1 aromatic heterocycles. The first-order valence-corrected chi connectivity index (χ1v) is 32.2. The number of aromatic nitrogens is 1. The van der Waals surface area contributed by atoms with E-state index in [4.69, 9.17) is 33.8 Å². The molecule has 2 aromatic rings. The van der Waals surface area contributed by atoms with Gasteiger partial charge < -0.3 is 90.9 Å². The Kier molecular flexibility index (Phi) is 29.1. The molecule has 1 aromatic carbocycles. The van der Waals surface area contributed by atoms with Crippen molar-refractivity contribution in [3.8, 4) is 0 Å². The van der Waals surface area contributed by atoms with Crippen molar-refractivity contribution < 1.29 is 72.5 Å². The fourth-order valence-corrected chi connectivity index (χ4v) is 12.8. The summed E-state index contributed by atoms with van der Waals surface area (Å²) in [5.41, 5.74) is 23.8. The number of carboxylic acid groups (broad SMARTS) is 1. The number of nitrogens with one attached hydrogen (secondary N) is 12. The summed E-state index contributed by atoms with van der Waals surface area (Å²) in [6, 6.07) is -4.90. The largest absolute Gasteiger partial charge is 0.481 e. The number of aromatic amines is 1. The van der Waals surface area contributed by atoms with Crippen LogP contribution >= 0.6 is 21.6 Å². The molecule has 0 radical (unpaired) electrons. The SMILES string of the molecule is C[C@@H]1NC(=O)[C@@H]2CC=CC[C@H](NC(=O)CN)C(=O)C[C@@H](CSSC[C@@H](C(N)=O)NC(=O)[C@H](CCCCC(=N)N)NC(=O)[C@H](Cc3cc4ccccc4[nH]3)CC1=O)C(=O)N[C@@H](CO)C(=O)N[C@@H](CC(=O)O)C(=O)N1CCCC1C(=O)N[C@@H](CCCNC(=N)N)C(=O)N2. The number of benzene rings is 1. The molecule has 1 fully saturated rings. The zero-order chi connectivity index (χ0) is 66.9. The number of para-hydroxylation sites is 1. The lowest BCUT2D eigenvalue weighted by Gasteiger charge is -2.30. The molecule has 2 bridgehead atoms. The van der Waals surface area contributed by atoms with E-state index in [1.807, 2.05) is 6.07 Å². The van der Waals surface area contributed by atoms with Gasteiger partial charge >= 0.3 is 5.97 Å². The number of ketones is 2. The zero-order valence-corrected chi connectivity index (χ0v) is 51.9. The van der Waals surface area contributed by atoms with Crippen molar-refractivity contribution >= 4 is 121 Å². The van der Waals surface area contributed by atoms with Gasteiger partial charge in [-0.2, -0.15) is 0 Å². The number of nitrogens with zero attached hydrogens (tertiary/aromatic N) is 1. The van der Waals surface area contributed by atoms with Gasteiger partial charge in [0.25, 0.3) is 0 Å². The third kappa shape index (κ3) is 23.3. The number of amidine groups is 1. The van der Waals surface area contributed by atoms with E-state index in [9.17, 15) is 72.5 Å². The Bertz CT molecular complexity index is 3020. The van der Waals surface area contributed by atoms with E-state index in [1.54, 1.807) is 24.3 Å². The van der Waals surface area contributed by atoms with E-state index in [1.165, 1.54) is 19.1 Å². The summed E-state index contributed by atoms with van der Waals surface area (Å²) in [6.45, 7) is -0.501. The number of guanidine groups is 1. The molecule has 91 heavy (non-hydrogen) atoms. The van der Waals surface area contributed by atoms with Crippen LogP contribution in [0.15, 0.2) is 42.5 Å². The maximum absolute atomic E-state index is 14.7. The van der Waals surface area contributed by atoms with Gasteiger partial charge in [0.2, 0.25) is 59.1 Å². The summed E-state index contributed by atoms with van der Waals surface area (Å²) in [4.78, 5) is 187. The second-order valence-corrected chi connectivity index (χ2v) is 24.9. The molecule has 3 aliphatic heterocycles. The molecule has 10 amide bonds. The summed E-state index contributed by atoms with van der Waals surface area (Å²) < 4.78 is 0. The molecule has 1 unspecified atom stereocenters. The molecule has 3 aliphatic rings. The van der Waals surface area contributed by atoms with Crippen LogP contribution < -0.4 is 70.8 Å². The van der Waals surface area contributed by atoms with E-state index in [0.717, 1.165) is 31.9 Å². The van der Waals surface area contributed by atoms with Crippen LogP contribution in [0.5, 0.6) is 0 Å². The predicted molar refractivity (Wildman–Crippen MR) is 334 cm³/mol. The Hall–Kier alpha value is -8.63. The molecule has 11 atom stereocenters. The number of fused-ring (bicyclic) bond motifs is 9. The fourth-order valence-electron chi connectivity index (χ4n) is 10.3. The topological polar surface area (TPSA) is 541 Å².